The summed E-state index contributed by atoms with van der Waals surface area (Å²) in [5.74, 6) is -5.55. The van der Waals surface area contributed by atoms with Crippen LogP contribution in [0, 0.1) is 6.92 Å². The van der Waals surface area contributed by atoms with Crippen LogP contribution in [0.4, 0.5) is 8.78 Å². The van der Waals surface area contributed by atoms with Crippen molar-refractivity contribution in [3.8, 4) is 0 Å². The lowest BCUT2D eigenvalue weighted by atomic mass is 10.0. The van der Waals surface area contributed by atoms with Crippen LogP contribution in [-0.4, -0.2) is 28.7 Å². The van der Waals surface area contributed by atoms with Crippen molar-refractivity contribution in [2.75, 3.05) is 0 Å². The van der Waals surface area contributed by atoms with Gasteiger partial charge in [-0.1, -0.05) is 48.5 Å². The van der Waals surface area contributed by atoms with Crippen LogP contribution in [0.15, 0.2) is 54.7 Å². The number of carbonyl (C=O) groups excluding carboxylic acids is 3. The molecule has 2 aromatic rings. The van der Waals surface area contributed by atoms with E-state index in [4.69, 9.17) is 0 Å². The van der Waals surface area contributed by atoms with Gasteiger partial charge in [0.15, 0.2) is 0 Å². The predicted octanol–water partition coefficient (Wildman–Crippen LogP) is 3.15. The van der Waals surface area contributed by atoms with Crippen molar-refractivity contribution in [3.63, 3.8) is 0 Å². The number of benzene rings is 2. The van der Waals surface area contributed by atoms with Gasteiger partial charge >= 0.3 is 5.92 Å². The van der Waals surface area contributed by atoms with Gasteiger partial charge in [0.2, 0.25) is 5.91 Å². The maximum absolute atomic E-state index is 14.5. The largest absolute Gasteiger partial charge is 0.349 e. The minimum atomic E-state index is -3.66. The van der Waals surface area contributed by atoms with Crippen molar-refractivity contribution in [3.05, 3.63) is 82.6 Å². The molecular formula is C24H23F2N3O3. The summed E-state index contributed by atoms with van der Waals surface area (Å²) in [6.45, 7) is 5.67. The molecule has 3 amide bonds. The first-order valence-electron chi connectivity index (χ1n) is 10.3. The third kappa shape index (κ3) is 4.00. The van der Waals surface area contributed by atoms with E-state index in [0.29, 0.717) is 35.2 Å². The van der Waals surface area contributed by atoms with E-state index in [1.165, 1.54) is 29.2 Å². The Morgan fingerprint density at radius 1 is 1.22 bits per heavy atom. The molecule has 2 N–H and O–H groups in total. The number of amides is 3. The normalized spacial score (nSPS) is 18.4. The van der Waals surface area contributed by atoms with Gasteiger partial charge in [0.05, 0.1) is 0 Å². The molecule has 0 spiro atoms. The second-order valence-corrected chi connectivity index (χ2v) is 8.19. The lowest BCUT2D eigenvalue weighted by Crippen LogP contribution is -2.49. The molecule has 0 saturated carbocycles. The molecule has 4 rings (SSSR count). The Bertz CT molecular complexity index is 1110. The van der Waals surface area contributed by atoms with Gasteiger partial charge in [-0.3, -0.25) is 14.4 Å². The lowest BCUT2D eigenvalue weighted by molar-refractivity contribution is -0.147. The molecule has 2 heterocycles. The summed E-state index contributed by atoms with van der Waals surface area (Å²) in [4.78, 5) is 38.7. The number of carbonyl (C=O) groups is 3. The van der Waals surface area contributed by atoms with Crippen LogP contribution in [0.3, 0.4) is 0 Å². The highest BCUT2D eigenvalue weighted by Gasteiger charge is 2.41. The predicted molar refractivity (Wildman–Crippen MR) is 114 cm³/mol. The maximum atomic E-state index is 14.5. The number of hydrogen-bond acceptors (Lipinski definition) is 3. The molecule has 0 bridgehead atoms. The van der Waals surface area contributed by atoms with E-state index in [0.717, 1.165) is 5.56 Å². The Kier molecular flexibility index (Phi) is 5.54. The molecule has 32 heavy (non-hydrogen) atoms. The average molecular weight is 439 g/mol. The fourth-order valence-corrected chi connectivity index (χ4v) is 4.01. The number of halogens is 2. The third-order valence-electron chi connectivity index (χ3n) is 5.85. The van der Waals surface area contributed by atoms with Gasteiger partial charge in [0.1, 0.15) is 6.04 Å². The monoisotopic (exact) mass is 439 g/mol. The minimum absolute atomic E-state index is 0.106. The summed E-state index contributed by atoms with van der Waals surface area (Å²) >= 11 is 0. The van der Waals surface area contributed by atoms with Crippen molar-refractivity contribution in [2.45, 2.75) is 44.8 Å². The molecule has 0 aromatic heterocycles. The molecular weight excluding hydrogens is 416 g/mol. The number of alkyl halides is 2. The molecule has 2 aliphatic rings. The quantitative estimate of drug-likeness (QED) is 0.751. The van der Waals surface area contributed by atoms with E-state index in [1.807, 2.05) is 0 Å². The zero-order valence-corrected chi connectivity index (χ0v) is 17.6. The van der Waals surface area contributed by atoms with Crippen LogP contribution >= 0.6 is 0 Å². The Balaban J connectivity index is 1.43. The van der Waals surface area contributed by atoms with E-state index >= 15 is 0 Å². The summed E-state index contributed by atoms with van der Waals surface area (Å²) in [5, 5.41) is 4.96. The standard InChI is InChI=1S/C24H23F2N3O3/c1-14-3-7-18(8-4-14)24(25,26)23(32)27-12-16-6-9-19-17(11-16)13-29(22(19)31)20-10-5-15(2)28-21(20)30/h3-4,6-9,11,20H,2,5,10,12-13H2,1H3,(H,27,32)(H,28,30). The van der Waals surface area contributed by atoms with Crippen molar-refractivity contribution in [1.29, 1.82) is 0 Å². The molecule has 0 aliphatic carbocycles. The Hall–Kier alpha value is -3.55. The van der Waals surface area contributed by atoms with Gasteiger partial charge in [0.25, 0.3) is 11.8 Å². The molecule has 2 aliphatic heterocycles. The summed E-state index contributed by atoms with van der Waals surface area (Å²) in [6, 6.07) is 9.89. The Labute approximate surface area is 184 Å². The van der Waals surface area contributed by atoms with E-state index in [1.54, 1.807) is 25.1 Å². The number of nitrogens with one attached hydrogen (secondary N) is 2. The van der Waals surface area contributed by atoms with Crippen molar-refractivity contribution in [2.24, 2.45) is 0 Å². The highest BCUT2D eigenvalue weighted by Crippen LogP contribution is 2.30. The van der Waals surface area contributed by atoms with Crippen molar-refractivity contribution >= 4 is 17.7 Å². The average Bonchev–Trinajstić information content (AvgIpc) is 3.08. The van der Waals surface area contributed by atoms with Gasteiger partial charge in [-0.05, 0) is 37.0 Å². The van der Waals surface area contributed by atoms with Crippen LogP contribution < -0.4 is 10.6 Å². The molecule has 1 atom stereocenters. The molecule has 8 heteroatoms. The Morgan fingerprint density at radius 3 is 2.62 bits per heavy atom. The Morgan fingerprint density at radius 2 is 1.94 bits per heavy atom. The summed E-state index contributed by atoms with van der Waals surface area (Å²) in [7, 11) is 0. The fraction of sp³-hybridized carbons (Fsp3) is 0.292. The van der Waals surface area contributed by atoms with Crippen LogP contribution in [0.25, 0.3) is 0 Å². The molecule has 2 aromatic carbocycles. The van der Waals surface area contributed by atoms with Crippen LogP contribution in [0.1, 0.15) is 45.5 Å². The summed E-state index contributed by atoms with van der Waals surface area (Å²) in [6.07, 6.45) is 1.10. The van der Waals surface area contributed by atoms with Gasteiger partial charge in [-0.15, -0.1) is 0 Å². The number of nitrogens with zero attached hydrogens (tertiary/aromatic N) is 1. The maximum Gasteiger partial charge on any atom is 0.349 e. The topological polar surface area (TPSA) is 78.5 Å². The van der Waals surface area contributed by atoms with Crippen LogP contribution in [-0.2, 0) is 28.6 Å². The number of allylic oxidation sites excluding steroid dienone is 1. The summed E-state index contributed by atoms with van der Waals surface area (Å²) in [5.41, 5.74) is 2.85. The molecule has 0 radical (unpaired) electrons. The number of rotatable bonds is 5. The first-order valence-corrected chi connectivity index (χ1v) is 10.3. The number of aryl methyl sites for hydroxylation is 1. The van der Waals surface area contributed by atoms with Gasteiger partial charge in [-0.2, -0.15) is 8.78 Å². The number of hydrogen-bond donors (Lipinski definition) is 2. The van der Waals surface area contributed by atoms with Gasteiger partial charge in [0, 0.05) is 29.9 Å². The van der Waals surface area contributed by atoms with Crippen molar-refractivity contribution < 1.29 is 23.2 Å². The second kappa shape index (κ2) is 8.18. The van der Waals surface area contributed by atoms with E-state index in [-0.39, 0.29) is 30.5 Å². The van der Waals surface area contributed by atoms with Gasteiger partial charge in [-0.25, -0.2) is 0 Å². The third-order valence-corrected chi connectivity index (χ3v) is 5.85. The molecule has 6 nitrogen and oxygen atoms in total. The summed E-state index contributed by atoms with van der Waals surface area (Å²) < 4.78 is 28.9. The van der Waals surface area contributed by atoms with Crippen LogP contribution in [0.5, 0.6) is 0 Å². The molecule has 1 fully saturated rings. The first kappa shape index (κ1) is 21.7. The molecule has 1 saturated heterocycles. The highest BCUT2D eigenvalue weighted by atomic mass is 19.3. The zero-order chi connectivity index (χ0) is 23.0. The molecule has 1 unspecified atom stereocenters. The SMILES string of the molecule is C=C1CCC(N2Cc3cc(CNC(=O)C(F)(F)c4ccc(C)cc4)ccc3C2=O)C(=O)N1. The minimum Gasteiger partial charge on any atom is -0.346 e. The fourth-order valence-electron chi connectivity index (χ4n) is 4.01. The van der Waals surface area contributed by atoms with E-state index in [2.05, 4.69) is 17.2 Å². The first-order chi connectivity index (χ1) is 15.2. The smallest absolute Gasteiger partial charge is 0.346 e. The van der Waals surface area contributed by atoms with Crippen LogP contribution in [0.2, 0.25) is 0 Å². The van der Waals surface area contributed by atoms with Gasteiger partial charge < -0.3 is 15.5 Å². The van der Waals surface area contributed by atoms with E-state index < -0.39 is 17.9 Å². The zero-order valence-electron chi connectivity index (χ0n) is 17.6. The van der Waals surface area contributed by atoms with Crippen molar-refractivity contribution in [1.82, 2.24) is 15.5 Å². The highest BCUT2D eigenvalue weighted by molar-refractivity contribution is 6.01. The number of fused-ring (bicyclic) bond motifs is 1. The number of piperidine rings is 1. The molecule has 166 valence electrons. The lowest BCUT2D eigenvalue weighted by Gasteiger charge is -2.30. The second-order valence-electron chi connectivity index (χ2n) is 8.19. The van der Waals surface area contributed by atoms with E-state index in [9.17, 15) is 23.2 Å².